The van der Waals surface area contributed by atoms with Crippen LogP contribution in [0, 0.1) is 11.7 Å². The van der Waals surface area contributed by atoms with Crippen LogP contribution in [0.2, 0.25) is 0 Å². The van der Waals surface area contributed by atoms with Crippen LogP contribution in [0.1, 0.15) is 37.0 Å². The van der Waals surface area contributed by atoms with Gasteiger partial charge in [-0.3, -0.25) is 9.59 Å². The van der Waals surface area contributed by atoms with Crippen molar-refractivity contribution in [3.8, 4) is 0 Å². The Bertz CT molecular complexity index is 790. The minimum Gasteiger partial charge on any atom is -0.341 e. The van der Waals surface area contributed by atoms with E-state index in [0.717, 1.165) is 6.26 Å². The molecule has 7 nitrogen and oxygen atoms in total. The van der Waals surface area contributed by atoms with E-state index in [1.165, 1.54) is 18.2 Å². The number of nitrogens with one attached hydrogen (secondary N) is 2. The molecule has 0 spiro atoms. The molecule has 0 aromatic heterocycles. The molecule has 1 aliphatic heterocycles. The second-order valence-electron chi connectivity index (χ2n) is 7.16. The van der Waals surface area contributed by atoms with E-state index < -0.39 is 27.8 Å². The topological polar surface area (TPSA) is 95.6 Å². The van der Waals surface area contributed by atoms with Crippen LogP contribution in [-0.2, 0) is 14.8 Å². The van der Waals surface area contributed by atoms with Gasteiger partial charge in [-0.15, -0.1) is 0 Å². The van der Waals surface area contributed by atoms with Gasteiger partial charge in [0.15, 0.2) is 0 Å². The van der Waals surface area contributed by atoms with Gasteiger partial charge in [0.2, 0.25) is 15.9 Å². The lowest BCUT2D eigenvalue weighted by Crippen LogP contribution is -2.54. The Kier molecular flexibility index (Phi) is 6.94. The van der Waals surface area contributed by atoms with E-state index in [-0.39, 0.29) is 23.4 Å². The number of piperidine rings is 1. The first-order valence-electron chi connectivity index (χ1n) is 8.90. The van der Waals surface area contributed by atoms with Gasteiger partial charge in [0.1, 0.15) is 11.9 Å². The third-order valence-electron chi connectivity index (χ3n) is 4.53. The van der Waals surface area contributed by atoms with E-state index in [2.05, 4.69) is 10.0 Å². The van der Waals surface area contributed by atoms with E-state index >= 15 is 0 Å². The third kappa shape index (κ3) is 6.00. The summed E-state index contributed by atoms with van der Waals surface area (Å²) in [6, 6.07) is 4.64. The Morgan fingerprint density at radius 3 is 2.30 bits per heavy atom. The van der Waals surface area contributed by atoms with Crippen LogP contribution in [0.25, 0.3) is 0 Å². The zero-order valence-electron chi connectivity index (χ0n) is 15.7. The largest absolute Gasteiger partial charge is 0.341 e. The molecule has 2 rings (SSSR count). The van der Waals surface area contributed by atoms with Gasteiger partial charge in [0.05, 0.1) is 11.8 Å². The van der Waals surface area contributed by atoms with Crippen molar-refractivity contribution in [1.29, 1.82) is 0 Å². The van der Waals surface area contributed by atoms with Gasteiger partial charge in [-0.25, -0.2) is 17.5 Å². The summed E-state index contributed by atoms with van der Waals surface area (Å²) < 4.78 is 39.0. The highest BCUT2D eigenvalue weighted by molar-refractivity contribution is 7.88. The van der Waals surface area contributed by atoms with Crippen LogP contribution in [0.3, 0.4) is 0 Å². The van der Waals surface area contributed by atoms with E-state index in [1.54, 1.807) is 11.0 Å². The SMILES string of the molecule is CC(C)C(NC(=O)c1ccccc1F)C(=O)N1CCC(NS(C)(=O)=O)CC1. The second kappa shape index (κ2) is 8.79. The summed E-state index contributed by atoms with van der Waals surface area (Å²) in [4.78, 5) is 26.9. The first-order valence-corrected chi connectivity index (χ1v) is 10.8. The number of rotatable bonds is 6. The summed E-state index contributed by atoms with van der Waals surface area (Å²) in [5, 5.41) is 2.64. The number of carbonyl (C=O) groups excluding carboxylic acids is 2. The highest BCUT2D eigenvalue weighted by Gasteiger charge is 2.32. The molecule has 1 saturated heterocycles. The number of hydrogen-bond donors (Lipinski definition) is 2. The molecule has 1 aromatic carbocycles. The molecule has 150 valence electrons. The van der Waals surface area contributed by atoms with Crippen LogP contribution in [0.4, 0.5) is 4.39 Å². The van der Waals surface area contributed by atoms with Crippen LogP contribution < -0.4 is 10.0 Å². The van der Waals surface area contributed by atoms with Crippen LogP contribution >= 0.6 is 0 Å². The van der Waals surface area contributed by atoms with Crippen molar-refractivity contribution in [2.24, 2.45) is 5.92 Å². The van der Waals surface area contributed by atoms with E-state index in [0.29, 0.717) is 25.9 Å². The lowest BCUT2D eigenvalue weighted by molar-refractivity contribution is -0.135. The van der Waals surface area contributed by atoms with Crippen molar-refractivity contribution in [2.75, 3.05) is 19.3 Å². The minimum absolute atomic E-state index is 0.105. The Hall–Kier alpha value is -2.00. The van der Waals surface area contributed by atoms with Gasteiger partial charge >= 0.3 is 0 Å². The number of halogens is 1. The summed E-state index contributed by atoms with van der Waals surface area (Å²) in [6.45, 7) is 4.40. The van der Waals surface area contributed by atoms with Gasteiger partial charge < -0.3 is 10.2 Å². The lowest BCUT2D eigenvalue weighted by atomic mass is 9.99. The van der Waals surface area contributed by atoms with Gasteiger partial charge in [-0.1, -0.05) is 26.0 Å². The number of nitrogens with zero attached hydrogens (tertiary/aromatic N) is 1. The summed E-state index contributed by atoms with van der Waals surface area (Å²) in [5.74, 6) is -1.70. The van der Waals surface area contributed by atoms with E-state index in [1.807, 2.05) is 13.8 Å². The van der Waals surface area contributed by atoms with Crippen LogP contribution in [-0.4, -0.2) is 56.6 Å². The maximum atomic E-state index is 13.8. The molecule has 1 aliphatic rings. The van der Waals surface area contributed by atoms with Crippen LogP contribution in [0.15, 0.2) is 24.3 Å². The third-order valence-corrected chi connectivity index (χ3v) is 5.29. The predicted molar refractivity (Wildman–Crippen MR) is 100 cm³/mol. The van der Waals surface area contributed by atoms with Crippen molar-refractivity contribution in [2.45, 2.75) is 38.8 Å². The van der Waals surface area contributed by atoms with Gasteiger partial charge in [0, 0.05) is 19.1 Å². The fourth-order valence-electron chi connectivity index (χ4n) is 3.10. The lowest BCUT2D eigenvalue weighted by Gasteiger charge is -2.35. The molecule has 0 radical (unpaired) electrons. The molecule has 1 atom stereocenters. The number of sulfonamides is 1. The number of amides is 2. The molecule has 1 fully saturated rings. The molecule has 2 N–H and O–H groups in total. The normalized spacial score (nSPS) is 17.0. The maximum Gasteiger partial charge on any atom is 0.254 e. The Morgan fingerprint density at radius 2 is 1.78 bits per heavy atom. The van der Waals surface area contributed by atoms with Crippen molar-refractivity contribution in [1.82, 2.24) is 14.9 Å². The van der Waals surface area contributed by atoms with E-state index in [9.17, 15) is 22.4 Å². The summed E-state index contributed by atoms with van der Waals surface area (Å²) >= 11 is 0. The van der Waals surface area contributed by atoms with Crippen molar-refractivity contribution >= 4 is 21.8 Å². The first-order chi connectivity index (χ1) is 12.6. The van der Waals surface area contributed by atoms with Crippen LogP contribution in [0.5, 0.6) is 0 Å². The fraction of sp³-hybridized carbons (Fsp3) is 0.556. The predicted octanol–water partition coefficient (Wildman–Crippen LogP) is 1.12. The maximum absolute atomic E-state index is 13.8. The van der Waals surface area contributed by atoms with Gasteiger partial charge in [-0.05, 0) is 30.9 Å². The quantitative estimate of drug-likeness (QED) is 0.749. The monoisotopic (exact) mass is 399 g/mol. The highest BCUT2D eigenvalue weighted by atomic mass is 32.2. The zero-order valence-corrected chi connectivity index (χ0v) is 16.6. The molecule has 1 heterocycles. The minimum atomic E-state index is -3.29. The highest BCUT2D eigenvalue weighted by Crippen LogP contribution is 2.16. The summed E-state index contributed by atoms with van der Waals surface area (Å²) in [5.41, 5.74) is -0.105. The van der Waals surface area contributed by atoms with E-state index in [4.69, 9.17) is 0 Å². The van der Waals surface area contributed by atoms with Crippen molar-refractivity contribution < 1.29 is 22.4 Å². The molecule has 1 aromatic rings. The average Bonchev–Trinajstić information content (AvgIpc) is 2.58. The number of benzene rings is 1. The van der Waals surface area contributed by atoms with Crippen molar-refractivity contribution in [3.63, 3.8) is 0 Å². The Labute approximate surface area is 159 Å². The molecule has 2 amide bonds. The standard InChI is InChI=1S/C18H26FN3O4S/c1-12(2)16(20-17(23)14-6-4-5-7-15(14)19)18(24)22-10-8-13(9-11-22)21-27(3,25)26/h4-7,12-13,16,21H,8-11H2,1-3H3,(H,20,23). The first kappa shape index (κ1) is 21.3. The molecular formula is C18H26FN3O4S. The molecule has 0 saturated carbocycles. The summed E-state index contributed by atoms with van der Waals surface area (Å²) in [6.07, 6.45) is 2.12. The van der Waals surface area contributed by atoms with Gasteiger partial charge in [-0.2, -0.15) is 0 Å². The molecular weight excluding hydrogens is 373 g/mol. The average molecular weight is 399 g/mol. The molecule has 0 bridgehead atoms. The number of hydrogen-bond acceptors (Lipinski definition) is 4. The Morgan fingerprint density at radius 1 is 1.19 bits per heavy atom. The number of likely N-dealkylation sites (tertiary alicyclic amines) is 1. The Balaban J connectivity index is 2.01. The smallest absolute Gasteiger partial charge is 0.254 e. The fourth-order valence-corrected chi connectivity index (χ4v) is 3.94. The van der Waals surface area contributed by atoms with Gasteiger partial charge in [0.25, 0.3) is 5.91 Å². The summed E-state index contributed by atoms with van der Waals surface area (Å²) in [7, 11) is -3.29. The molecule has 27 heavy (non-hydrogen) atoms. The number of carbonyl (C=O) groups is 2. The second-order valence-corrected chi connectivity index (χ2v) is 8.94. The molecule has 0 aliphatic carbocycles. The zero-order chi connectivity index (χ0) is 20.2. The molecule has 9 heteroatoms. The van der Waals surface area contributed by atoms with Crippen molar-refractivity contribution in [3.05, 3.63) is 35.6 Å². The molecule has 1 unspecified atom stereocenters.